The summed E-state index contributed by atoms with van der Waals surface area (Å²) in [6.07, 6.45) is 3.40. The maximum Gasteiger partial charge on any atom is 0.171 e. The lowest BCUT2D eigenvalue weighted by molar-refractivity contribution is -0.286. The third kappa shape index (κ3) is 2.12. The summed E-state index contributed by atoms with van der Waals surface area (Å²) in [5.74, 6) is -0.259. The number of rotatable bonds is 2. The van der Waals surface area contributed by atoms with Crippen LogP contribution in [0.2, 0.25) is 0 Å². The third-order valence-electron chi connectivity index (χ3n) is 3.12. The van der Waals surface area contributed by atoms with Crippen molar-refractivity contribution < 1.29 is 9.84 Å². The third-order valence-corrected chi connectivity index (χ3v) is 3.12. The Morgan fingerprint density at radius 1 is 1.54 bits per heavy atom. The molecule has 0 amide bonds. The minimum atomic E-state index is -0.978. The summed E-state index contributed by atoms with van der Waals surface area (Å²) in [5, 5.41) is 10.1. The molecular weight excluding hydrogens is 164 g/mol. The van der Waals surface area contributed by atoms with Crippen molar-refractivity contribution >= 4 is 0 Å². The van der Waals surface area contributed by atoms with E-state index in [4.69, 9.17) is 4.74 Å². The zero-order valence-corrected chi connectivity index (χ0v) is 8.79. The monoisotopic (exact) mass is 184 g/mol. The average molecular weight is 184 g/mol. The standard InChI is InChI=1S/C11H20O2/c1-5-6-11(12)9(3)7-8(2)10(4)13-11/h5,8-10,12H,1,6-7H2,2-4H3/t8-,9+,10-,11?/m1/s1. The Balaban J connectivity index is 2.69. The molecule has 1 unspecified atom stereocenters. The highest BCUT2D eigenvalue weighted by Gasteiger charge is 2.41. The summed E-state index contributed by atoms with van der Waals surface area (Å²) in [7, 11) is 0. The molecule has 0 aromatic rings. The molecule has 1 aliphatic rings. The number of ether oxygens (including phenoxy) is 1. The van der Waals surface area contributed by atoms with Crippen LogP contribution in [0.5, 0.6) is 0 Å². The van der Waals surface area contributed by atoms with Crippen LogP contribution >= 0.6 is 0 Å². The first-order chi connectivity index (χ1) is 5.99. The second-order valence-electron chi connectivity index (χ2n) is 4.27. The fourth-order valence-corrected chi connectivity index (χ4v) is 1.94. The molecule has 13 heavy (non-hydrogen) atoms. The lowest BCUT2D eigenvalue weighted by Gasteiger charge is -2.43. The second kappa shape index (κ2) is 3.81. The van der Waals surface area contributed by atoms with E-state index in [9.17, 15) is 5.11 Å². The van der Waals surface area contributed by atoms with Gasteiger partial charge >= 0.3 is 0 Å². The molecule has 0 aliphatic carbocycles. The largest absolute Gasteiger partial charge is 0.365 e. The van der Waals surface area contributed by atoms with Gasteiger partial charge in [0.2, 0.25) is 0 Å². The molecule has 1 heterocycles. The van der Waals surface area contributed by atoms with Crippen molar-refractivity contribution in [1.82, 2.24) is 0 Å². The van der Waals surface area contributed by atoms with Gasteiger partial charge in [-0.05, 0) is 19.3 Å². The van der Waals surface area contributed by atoms with E-state index in [1.54, 1.807) is 6.08 Å². The number of hydrogen-bond acceptors (Lipinski definition) is 2. The molecule has 4 atom stereocenters. The molecule has 2 heteroatoms. The molecule has 76 valence electrons. The van der Waals surface area contributed by atoms with E-state index in [0.29, 0.717) is 12.3 Å². The molecular formula is C11H20O2. The molecule has 1 aliphatic heterocycles. The highest BCUT2D eigenvalue weighted by Crippen LogP contribution is 2.37. The van der Waals surface area contributed by atoms with Crippen molar-refractivity contribution in [3.63, 3.8) is 0 Å². The van der Waals surface area contributed by atoms with Crippen LogP contribution in [0.25, 0.3) is 0 Å². The van der Waals surface area contributed by atoms with Gasteiger partial charge in [0.15, 0.2) is 5.79 Å². The van der Waals surface area contributed by atoms with Gasteiger partial charge in [0.25, 0.3) is 0 Å². The fourth-order valence-electron chi connectivity index (χ4n) is 1.94. The van der Waals surface area contributed by atoms with Crippen LogP contribution in [-0.4, -0.2) is 17.0 Å². The smallest absolute Gasteiger partial charge is 0.171 e. The summed E-state index contributed by atoms with van der Waals surface area (Å²) in [6, 6.07) is 0. The van der Waals surface area contributed by atoms with Crippen molar-refractivity contribution in [2.24, 2.45) is 11.8 Å². The zero-order chi connectivity index (χ0) is 10.1. The molecule has 0 bridgehead atoms. The lowest BCUT2D eigenvalue weighted by atomic mass is 9.83. The van der Waals surface area contributed by atoms with E-state index < -0.39 is 5.79 Å². The summed E-state index contributed by atoms with van der Waals surface area (Å²) in [5.41, 5.74) is 0. The van der Waals surface area contributed by atoms with Gasteiger partial charge < -0.3 is 9.84 Å². The Labute approximate surface area is 80.6 Å². The van der Waals surface area contributed by atoms with Gasteiger partial charge in [-0.15, -0.1) is 6.58 Å². The van der Waals surface area contributed by atoms with E-state index >= 15 is 0 Å². The SMILES string of the molecule is C=CCC1(O)O[C@H](C)[C@H](C)C[C@@H]1C. The quantitative estimate of drug-likeness (QED) is 0.667. The topological polar surface area (TPSA) is 29.5 Å². The highest BCUT2D eigenvalue weighted by atomic mass is 16.6. The first-order valence-electron chi connectivity index (χ1n) is 5.00. The molecule has 1 rings (SSSR count). The van der Waals surface area contributed by atoms with Crippen molar-refractivity contribution in [3.05, 3.63) is 12.7 Å². The zero-order valence-electron chi connectivity index (χ0n) is 8.79. The maximum absolute atomic E-state index is 10.1. The van der Waals surface area contributed by atoms with Crippen molar-refractivity contribution in [1.29, 1.82) is 0 Å². The van der Waals surface area contributed by atoms with Gasteiger partial charge in [0.05, 0.1) is 6.10 Å². The van der Waals surface area contributed by atoms with Gasteiger partial charge in [-0.2, -0.15) is 0 Å². The normalized spacial score (nSPS) is 46.0. The first kappa shape index (κ1) is 10.7. The van der Waals surface area contributed by atoms with Crippen LogP contribution in [-0.2, 0) is 4.74 Å². The van der Waals surface area contributed by atoms with Crippen LogP contribution in [0.3, 0.4) is 0 Å². The Bertz CT molecular complexity index is 191. The minimum Gasteiger partial charge on any atom is -0.365 e. The summed E-state index contributed by atoms with van der Waals surface area (Å²) >= 11 is 0. The fraction of sp³-hybridized carbons (Fsp3) is 0.818. The van der Waals surface area contributed by atoms with E-state index in [1.807, 2.05) is 13.8 Å². The summed E-state index contributed by atoms with van der Waals surface area (Å²) < 4.78 is 5.62. The van der Waals surface area contributed by atoms with E-state index in [-0.39, 0.29) is 12.0 Å². The van der Waals surface area contributed by atoms with Crippen LogP contribution in [0.15, 0.2) is 12.7 Å². The second-order valence-corrected chi connectivity index (χ2v) is 4.27. The van der Waals surface area contributed by atoms with Crippen LogP contribution in [0.4, 0.5) is 0 Å². The first-order valence-corrected chi connectivity index (χ1v) is 5.00. The number of aliphatic hydroxyl groups is 1. The molecule has 0 saturated carbocycles. The van der Waals surface area contributed by atoms with E-state index in [2.05, 4.69) is 13.5 Å². The lowest BCUT2D eigenvalue weighted by Crippen LogP contribution is -2.48. The molecule has 0 aromatic heterocycles. The predicted molar refractivity (Wildman–Crippen MR) is 53.3 cm³/mol. The Kier molecular flexibility index (Phi) is 3.14. The van der Waals surface area contributed by atoms with Crippen LogP contribution < -0.4 is 0 Å². The molecule has 1 N–H and O–H groups in total. The molecule has 0 aromatic carbocycles. The highest BCUT2D eigenvalue weighted by molar-refractivity contribution is 4.89. The molecule has 2 nitrogen and oxygen atoms in total. The predicted octanol–water partition coefficient (Wildman–Crippen LogP) is 2.33. The van der Waals surface area contributed by atoms with E-state index in [1.165, 1.54) is 0 Å². The van der Waals surface area contributed by atoms with Crippen molar-refractivity contribution in [3.8, 4) is 0 Å². The Morgan fingerprint density at radius 2 is 2.15 bits per heavy atom. The molecule has 0 spiro atoms. The van der Waals surface area contributed by atoms with Gasteiger partial charge in [-0.3, -0.25) is 0 Å². The summed E-state index contributed by atoms with van der Waals surface area (Å²) in [6.45, 7) is 9.85. The Morgan fingerprint density at radius 3 is 2.69 bits per heavy atom. The molecule has 1 saturated heterocycles. The molecule has 1 fully saturated rings. The Hall–Kier alpha value is -0.340. The van der Waals surface area contributed by atoms with Crippen molar-refractivity contribution in [2.45, 2.75) is 45.5 Å². The van der Waals surface area contributed by atoms with Gasteiger partial charge in [-0.25, -0.2) is 0 Å². The molecule has 0 radical (unpaired) electrons. The van der Waals surface area contributed by atoms with Gasteiger partial charge in [0, 0.05) is 12.3 Å². The van der Waals surface area contributed by atoms with Gasteiger partial charge in [0.1, 0.15) is 0 Å². The minimum absolute atomic E-state index is 0.140. The average Bonchev–Trinajstić information content (AvgIpc) is 2.02. The van der Waals surface area contributed by atoms with Crippen LogP contribution in [0.1, 0.15) is 33.6 Å². The number of hydrogen-bond donors (Lipinski definition) is 1. The van der Waals surface area contributed by atoms with Gasteiger partial charge in [-0.1, -0.05) is 19.9 Å². The van der Waals surface area contributed by atoms with Crippen molar-refractivity contribution in [2.75, 3.05) is 0 Å². The van der Waals surface area contributed by atoms with Crippen LogP contribution in [0, 0.1) is 11.8 Å². The maximum atomic E-state index is 10.1. The van der Waals surface area contributed by atoms with E-state index in [0.717, 1.165) is 6.42 Å². The summed E-state index contributed by atoms with van der Waals surface area (Å²) in [4.78, 5) is 0.